The monoisotopic (exact) mass is 308 g/mol. The van der Waals surface area contributed by atoms with Crippen molar-refractivity contribution in [3.05, 3.63) is 41.1 Å². The van der Waals surface area contributed by atoms with E-state index in [2.05, 4.69) is 15.5 Å². The molecule has 0 saturated carbocycles. The van der Waals surface area contributed by atoms with E-state index < -0.39 is 0 Å². The van der Waals surface area contributed by atoms with Crippen LogP contribution in [0.3, 0.4) is 0 Å². The molecular formula is C19H20N2O2. The van der Waals surface area contributed by atoms with Crippen molar-refractivity contribution < 1.29 is 9.59 Å². The average molecular weight is 308 g/mol. The number of carbonyl (C=O) groups excluding carboxylic acids is 2. The van der Waals surface area contributed by atoms with Crippen LogP contribution in [0.25, 0.3) is 16.5 Å². The van der Waals surface area contributed by atoms with Gasteiger partial charge in [-0.2, -0.15) is 0 Å². The van der Waals surface area contributed by atoms with Gasteiger partial charge in [-0.3, -0.25) is 9.59 Å². The van der Waals surface area contributed by atoms with Crippen LogP contribution in [-0.4, -0.2) is 41.7 Å². The van der Waals surface area contributed by atoms with E-state index in [4.69, 9.17) is 0 Å². The van der Waals surface area contributed by atoms with Crippen molar-refractivity contribution in [2.24, 2.45) is 0 Å². The highest BCUT2D eigenvalue weighted by atomic mass is 16.1. The maximum atomic E-state index is 12.9. The number of fused-ring (bicyclic) bond motifs is 4. The summed E-state index contributed by atoms with van der Waals surface area (Å²) in [6.07, 6.45) is 2.18. The molecule has 2 aliphatic carbocycles. The van der Waals surface area contributed by atoms with Crippen LogP contribution >= 0.6 is 0 Å². The number of hydrogen-bond acceptors (Lipinski definition) is 3. The van der Waals surface area contributed by atoms with E-state index in [0.29, 0.717) is 12.0 Å². The Kier molecular flexibility index (Phi) is 3.23. The van der Waals surface area contributed by atoms with Crippen molar-refractivity contribution >= 4 is 28.0 Å². The Balaban J connectivity index is 1.98. The first kappa shape index (κ1) is 14.4. The fraction of sp³-hybridized carbons (Fsp3) is 0.368. The van der Waals surface area contributed by atoms with Crippen molar-refractivity contribution in [3.8, 4) is 0 Å². The van der Waals surface area contributed by atoms with Gasteiger partial charge in [-0.25, -0.2) is 0 Å². The van der Waals surface area contributed by atoms with Gasteiger partial charge in [-0.1, -0.05) is 18.2 Å². The maximum absolute atomic E-state index is 12.9. The van der Waals surface area contributed by atoms with Gasteiger partial charge in [0, 0.05) is 30.4 Å². The normalized spacial score (nSPS) is 17.3. The zero-order valence-electron chi connectivity index (χ0n) is 13.6. The molecule has 0 radical (unpaired) electrons. The first-order valence-corrected chi connectivity index (χ1v) is 8.17. The van der Waals surface area contributed by atoms with Gasteiger partial charge in [-0.15, -0.1) is 0 Å². The fourth-order valence-electron chi connectivity index (χ4n) is 3.85. The minimum Gasteiger partial charge on any atom is -0.339 e. The highest BCUT2D eigenvalue weighted by Crippen LogP contribution is 2.44. The van der Waals surface area contributed by atoms with Crippen molar-refractivity contribution in [2.45, 2.75) is 25.8 Å². The topological polar surface area (TPSA) is 42.3 Å². The van der Waals surface area contributed by atoms with E-state index >= 15 is 0 Å². The number of carbonyl (C=O) groups is 2. The zero-order chi connectivity index (χ0) is 16.1. The lowest BCUT2D eigenvalue weighted by Gasteiger charge is -2.17. The molecular weight excluding hydrogens is 288 g/mol. The van der Waals surface area contributed by atoms with Crippen LogP contribution in [0.5, 0.6) is 0 Å². The van der Waals surface area contributed by atoms with E-state index in [9.17, 15) is 9.59 Å². The first-order valence-electron chi connectivity index (χ1n) is 8.17. The predicted molar refractivity (Wildman–Crippen MR) is 90.6 cm³/mol. The van der Waals surface area contributed by atoms with Crippen LogP contribution in [0.15, 0.2) is 29.8 Å². The van der Waals surface area contributed by atoms with Crippen LogP contribution in [0.4, 0.5) is 0 Å². The number of ketones is 2. The molecule has 2 aliphatic rings. The second-order valence-electron chi connectivity index (χ2n) is 6.66. The molecule has 1 heterocycles. The van der Waals surface area contributed by atoms with Gasteiger partial charge in [0.05, 0.1) is 16.8 Å². The Morgan fingerprint density at radius 3 is 2.70 bits per heavy atom. The highest BCUT2D eigenvalue weighted by molar-refractivity contribution is 6.38. The quantitative estimate of drug-likeness (QED) is 0.819. The standard InChI is InChI=1S/C19H20N2O2/c1-20(2)10-11-21-14-8-4-3-6-12(14)17-18(21)13-7-5-9-15(22)16(13)19(17)23/h3-4,6,8H,5,7,9-11H2,1-2H3. The number of hydrogen-bond donors (Lipinski definition) is 0. The van der Waals surface area contributed by atoms with Gasteiger partial charge in [0.2, 0.25) is 0 Å². The van der Waals surface area contributed by atoms with Crippen molar-refractivity contribution in [1.82, 2.24) is 9.47 Å². The largest absolute Gasteiger partial charge is 0.339 e. The molecule has 0 unspecified atom stereocenters. The summed E-state index contributed by atoms with van der Waals surface area (Å²) in [5, 5.41) is 0.980. The van der Waals surface area contributed by atoms with Crippen LogP contribution in [-0.2, 0) is 11.3 Å². The van der Waals surface area contributed by atoms with Crippen LogP contribution in [0, 0.1) is 0 Å². The summed E-state index contributed by atoms with van der Waals surface area (Å²) in [6.45, 7) is 1.72. The van der Waals surface area contributed by atoms with Crippen molar-refractivity contribution in [3.63, 3.8) is 0 Å². The lowest BCUT2D eigenvalue weighted by atomic mass is 9.91. The van der Waals surface area contributed by atoms with Crippen LogP contribution < -0.4 is 0 Å². The van der Waals surface area contributed by atoms with Crippen LogP contribution in [0.1, 0.15) is 35.3 Å². The summed E-state index contributed by atoms with van der Waals surface area (Å²) in [5.41, 5.74) is 4.29. The molecule has 2 aromatic rings. The lowest BCUT2D eigenvalue weighted by Crippen LogP contribution is -2.19. The fourth-order valence-corrected chi connectivity index (χ4v) is 3.85. The number of nitrogens with zero attached hydrogens (tertiary/aromatic N) is 2. The number of benzene rings is 1. The second kappa shape index (κ2) is 5.17. The van der Waals surface area contributed by atoms with Crippen LogP contribution in [0.2, 0.25) is 0 Å². The minimum atomic E-state index is -0.0560. The number of likely N-dealkylation sites (N-methyl/N-ethyl adjacent to an activating group) is 1. The number of Topliss-reactive ketones (excluding diaryl/α,β-unsaturated/α-hetero) is 2. The number of allylic oxidation sites excluding steroid dienone is 2. The van der Waals surface area contributed by atoms with Gasteiger partial charge in [0.1, 0.15) is 0 Å². The minimum absolute atomic E-state index is 0.0238. The van der Waals surface area contributed by atoms with Crippen molar-refractivity contribution in [2.75, 3.05) is 20.6 Å². The van der Waals surface area contributed by atoms with Gasteiger partial charge >= 0.3 is 0 Å². The molecule has 4 nitrogen and oxygen atoms in total. The van der Waals surface area contributed by atoms with E-state index in [1.807, 2.05) is 32.3 Å². The molecule has 1 aromatic carbocycles. The van der Waals surface area contributed by atoms with Gasteiger partial charge in [0.15, 0.2) is 11.6 Å². The summed E-state index contributed by atoms with van der Waals surface area (Å²) in [4.78, 5) is 27.3. The molecule has 0 atom stereocenters. The molecule has 23 heavy (non-hydrogen) atoms. The van der Waals surface area contributed by atoms with Gasteiger partial charge in [0.25, 0.3) is 0 Å². The molecule has 4 heteroatoms. The average Bonchev–Trinajstić information content (AvgIpc) is 3.00. The number of rotatable bonds is 3. The van der Waals surface area contributed by atoms with Gasteiger partial charge < -0.3 is 9.47 Å². The lowest BCUT2D eigenvalue weighted by molar-refractivity contribution is -0.115. The number of aromatic nitrogens is 1. The molecule has 0 fully saturated rings. The first-order chi connectivity index (χ1) is 11.1. The molecule has 0 saturated heterocycles. The Hall–Kier alpha value is -2.20. The summed E-state index contributed by atoms with van der Waals surface area (Å²) >= 11 is 0. The van der Waals surface area contributed by atoms with E-state index in [1.165, 1.54) is 0 Å². The molecule has 1 aromatic heterocycles. The number of para-hydroxylation sites is 1. The predicted octanol–water partition coefficient (Wildman–Crippen LogP) is 2.91. The summed E-state index contributed by atoms with van der Waals surface area (Å²) in [6, 6.07) is 8.05. The van der Waals surface area contributed by atoms with Crippen molar-refractivity contribution in [1.29, 1.82) is 0 Å². The zero-order valence-corrected chi connectivity index (χ0v) is 13.6. The maximum Gasteiger partial charge on any atom is 0.199 e. The highest BCUT2D eigenvalue weighted by Gasteiger charge is 2.39. The third kappa shape index (κ3) is 2.01. The van der Waals surface area contributed by atoms with E-state index in [-0.39, 0.29) is 11.6 Å². The Morgan fingerprint density at radius 1 is 1.13 bits per heavy atom. The molecule has 118 valence electrons. The van der Waals surface area contributed by atoms with Gasteiger partial charge in [-0.05, 0) is 38.6 Å². The van der Waals surface area contributed by atoms with E-state index in [1.54, 1.807) is 0 Å². The summed E-state index contributed by atoms with van der Waals surface area (Å²) < 4.78 is 2.24. The SMILES string of the molecule is CN(C)CCn1c2c(c3ccccc31)C(=O)C1=C2CCCC1=O. The molecule has 0 spiro atoms. The Morgan fingerprint density at radius 2 is 1.91 bits per heavy atom. The smallest absolute Gasteiger partial charge is 0.199 e. The molecule has 0 amide bonds. The Labute approximate surface area is 135 Å². The van der Waals surface area contributed by atoms with E-state index in [0.717, 1.165) is 53.7 Å². The molecule has 4 rings (SSSR count). The molecule has 0 N–H and O–H groups in total. The summed E-state index contributed by atoms with van der Waals surface area (Å²) in [5.74, 6) is -0.0322. The molecule has 0 aliphatic heterocycles. The molecule has 0 bridgehead atoms. The third-order valence-corrected chi connectivity index (χ3v) is 4.89. The third-order valence-electron chi connectivity index (χ3n) is 4.89. The second-order valence-corrected chi connectivity index (χ2v) is 6.66. The Bertz CT molecular complexity index is 871. The summed E-state index contributed by atoms with van der Waals surface area (Å²) in [7, 11) is 4.10.